The van der Waals surface area contributed by atoms with Gasteiger partial charge in [0.15, 0.2) is 0 Å². The van der Waals surface area contributed by atoms with Crippen LogP contribution < -0.4 is 16.0 Å². The van der Waals surface area contributed by atoms with Gasteiger partial charge in [-0.3, -0.25) is 9.59 Å². The number of allylic oxidation sites excluding steroid dienone is 2. The number of thiophene rings is 1. The van der Waals surface area contributed by atoms with Gasteiger partial charge in [-0.15, -0.1) is 11.3 Å². The molecule has 1 aliphatic heterocycles. The van der Waals surface area contributed by atoms with Gasteiger partial charge in [0.25, 0.3) is 5.91 Å². The van der Waals surface area contributed by atoms with Crippen LogP contribution >= 0.6 is 34.7 Å². The van der Waals surface area contributed by atoms with Crippen LogP contribution in [0.25, 0.3) is 0 Å². The number of carbonyl (C=O) groups is 2. The minimum atomic E-state index is -0.547. The van der Waals surface area contributed by atoms with E-state index in [0.717, 1.165) is 10.4 Å². The normalized spacial score (nSPS) is 15.2. The third-order valence-electron chi connectivity index (χ3n) is 5.61. The van der Waals surface area contributed by atoms with E-state index in [-0.39, 0.29) is 17.6 Å². The van der Waals surface area contributed by atoms with E-state index in [1.54, 1.807) is 24.3 Å². The molecule has 2 heterocycles. The molecule has 6 nitrogen and oxygen atoms in total. The first-order chi connectivity index (χ1) is 17.4. The van der Waals surface area contributed by atoms with E-state index in [0.29, 0.717) is 38.3 Å². The number of dihydropyridines is 1. The molecule has 0 fully saturated rings. The molecular weight excluding hydrogens is 512 g/mol. The molecule has 0 bridgehead atoms. The van der Waals surface area contributed by atoms with Crippen molar-refractivity contribution in [3.8, 4) is 6.07 Å². The number of thioether (sulfide) groups is 1. The second kappa shape index (κ2) is 11.5. The Morgan fingerprint density at radius 2 is 1.78 bits per heavy atom. The van der Waals surface area contributed by atoms with Crippen molar-refractivity contribution in [1.29, 1.82) is 5.26 Å². The predicted octanol–water partition coefficient (Wildman–Crippen LogP) is 6.42. The molecule has 3 aromatic rings. The number of nitriles is 1. The summed E-state index contributed by atoms with van der Waals surface area (Å²) in [5.74, 6) is -1.01. The maximum Gasteiger partial charge on any atom is 0.254 e. The van der Waals surface area contributed by atoms with Crippen molar-refractivity contribution in [2.24, 2.45) is 0 Å². The molecule has 182 valence electrons. The molecule has 36 heavy (non-hydrogen) atoms. The van der Waals surface area contributed by atoms with E-state index in [1.165, 1.54) is 23.1 Å². The number of hydrogen-bond donors (Lipinski definition) is 3. The van der Waals surface area contributed by atoms with Gasteiger partial charge in [0.2, 0.25) is 5.91 Å². The minimum Gasteiger partial charge on any atom is -0.353 e. The molecule has 0 saturated carbocycles. The molecule has 1 aliphatic rings. The van der Waals surface area contributed by atoms with Crippen molar-refractivity contribution in [3.63, 3.8) is 0 Å². The van der Waals surface area contributed by atoms with Gasteiger partial charge in [0, 0.05) is 21.8 Å². The summed E-state index contributed by atoms with van der Waals surface area (Å²) >= 11 is 8.84. The summed E-state index contributed by atoms with van der Waals surface area (Å²) in [6.45, 7) is 3.74. The number of aryl methyl sites for hydroxylation is 1. The lowest BCUT2D eigenvalue weighted by Gasteiger charge is -2.29. The maximum absolute atomic E-state index is 13.5. The number of carbonyl (C=O) groups excluding carboxylic acids is 2. The van der Waals surface area contributed by atoms with Gasteiger partial charge in [-0.1, -0.05) is 59.8 Å². The third kappa shape index (κ3) is 5.65. The lowest BCUT2D eigenvalue weighted by molar-refractivity contribution is -0.114. The fourth-order valence-corrected chi connectivity index (χ4v) is 5.77. The summed E-state index contributed by atoms with van der Waals surface area (Å²) in [7, 11) is 0. The van der Waals surface area contributed by atoms with Crippen LogP contribution in [-0.2, 0) is 9.59 Å². The number of benzene rings is 2. The van der Waals surface area contributed by atoms with Crippen molar-refractivity contribution in [3.05, 3.63) is 103 Å². The predicted molar refractivity (Wildman–Crippen MR) is 148 cm³/mol. The summed E-state index contributed by atoms with van der Waals surface area (Å²) in [5.41, 5.74) is 3.69. The van der Waals surface area contributed by atoms with E-state index in [9.17, 15) is 14.9 Å². The Morgan fingerprint density at radius 3 is 2.44 bits per heavy atom. The quantitative estimate of drug-likeness (QED) is 0.325. The van der Waals surface area contributed by atoms with Crippen LogP contribution in [0, 0.1) is 18.3 Å². The Morgan fingerprint density at radius 1 is 1.06 bits per heavy atom. The number of amides is 2. The number of hydrogen-bond acceptors (Lipinski definition) is 6. The van der Waals surface area contributed by atoms with E-state index in [2.05, 4.69) is 22.0 Å². The molecule has 2 aromatic carbocycles. The first-order valence-electron chi connectivity index (χ1n) is 11.1. The summed E-state index contributed by atoms with van der Waals surface area (Å²) in [6.07, 6.45) is 0. The van der Waals surface area contributed by atoms with Crippen molar-refractivity contribution in [2.75, 3.05) is 16.4 Å². The van der Waals surface area contributed by atoms with Gasteiger partial charge in [-0.05, 0) is 49.1 Å². The molecule has 3 N–H and O–H groups in total. The summed E-state index contributed by atoms with van der Waals surface area (Å²) < 4.78 is 0. The molecule has 4 rings (SSSR count). The average molecular weight is 535 g/mol. The van der Waals surface area contributed by atoms with Crippen LogP contribution in [0.5, 0.6) is 0 Å². The van der Waals surface area contributed by atoms with Gasteiger partial charge in [-0.25, -0.2) is 0 Å². The van der Waals surface area contributed by atoms with Crippen LogP contribution in [0.2, 0.25) is 5.02 Å². The van der Waals surface area contributed by atoms with E-state index >= 15 is 0 Å². The lowest BCUT2D eigenvalue weighted by atomic mass is 9.86. The molecule has 9 heteroatoms. The lowest BCUT2D eigenvalue weighted by Crippen LogP contribution is -2.31. The van der Waals surface area contributed by atoms with Crippen molar-refractivity contribution in [2.45, 2.75) is 19.8 Å². The molecule has 0 aliphatic carbocycles. The topological polar surface area (TPSA) is 94.0 Å². The highest BCUT2D eigenvalue weighted by atomic mass is 35.5. The number of para-hydroxylation sites is 2. The first kappa shape index (κ1) is 25.6. The fourth-order valence-electron chi connectivity index (χ4n) is 3.86. The molecule has 0 unspecified atom stereocenters. The molecule has 1 atom stereocenters. The van der Waals surface area contributed by atoms with E-state index in [1.807, 2.05) is 55.6 Å². The molecule has 0 saturated heterocycles. The van der Waals surface area contributed by atoms with Gasteiger partial charge in [0.05, 0.1) is 39.1 Å². The Balaban J connectivity index is 1.60. The highest BCUT2D eigenvalue weighted by Crippen LogP contribution is 2.42. The third-order valence-corrected chi connectivity index (χ3v) is 7.89. The molecule has 1 aromatic heterocycles. The highest BCUT2D eigenvalue weighted by molar-refractivity contribution is 8.03. The van der Waals surface area contributed by atoms with Crippen LogP contribution in [0.1, 0.15) is 23.3 Å². The molecule has 0 spiro atoms. The first-order valence-corrected chi connectivity index (χ1v) is 13.3. The second-order valence-corrected chi connectivity index (χ2v) is 10.4. The fraction of sp³-hybridized carbons (Fsp3) is 0.148. The smallest absolute Gasteiger partial charge is 0.254 e. The Bertz CT molecular complexity index is 1410. The molecule has 2 amide bonds. The van der Waals surface area contributed by atoms with Crippen LogP contribution in [0.15, 0.2) is 87.9 Å². The second-order valence-electron chi connectivity index (χ2n) is 8.05. The highest BCUT2D eigenvalue weighted by Gasteiger charge is 2.35. The van der Waals surface area contributed by atoms with Gasteiger partial charge in [0.1, 0.15) is 0 Å². The Hall–Kier alpha value is -3.51. The summed E-state index contributed by atoms with van der Waals surface area (Å²) in [4.78, 5) is 27.0. The van der Waals surface area contributed by atoms with E-state index in [4.69, 9.17) is 11.6 Å². The Labute approximate surface area is 223 Å². The SMILES string of the molecule is CC1=C(C(=O)Nc2ccccc2C)[C@@H](c2cccs2)C(C#N)=C(SCC(=O)Nc2ccccc2Cl)N1. The number of nitrogens with zero attached hydrogens (tertiary/aromatic N) is 1. The molecular formula is C27H23ClN4O2S2. The summed E-state index contributed by atoms with van der Waals surface area (Å²) in [5, 5.41) is 22.1. The zero-order valence-corrected chi connectivity index (χ0v) is 22.0. The van der Waals surface area contributed by atoms with Gasteiger partial charge in [-0.2, -0.15) is 5.26 Å². The number of halogens is 1. The Kier molecular flexibility index (Phi) is 8.16. The van der Waals surface area contributed by atoms with Crippen LogP contribution in [0.3, 0.4) is 0 Å². The number of rotatable bonds is 7. The van der Waals surface area contributed by atoms with Crippen LogP contribution in [0.4, 0.5) is 11.4 Å². The van der Waals surface area contributed by atoms with Crippen molar-refractivity contribution >= 4 is 57.9 Å². The van der Waals surface area contributed by atoms with Gasteiger partial charge < -0.3 is 16.0 Å². The maximum atomic E-state index is 13.5. The monoisotopic (exact) mass is 534 g/mol. The zero-order chi connectivity index (χ0) is 25.7. The zero-order valence-electron chi connectivity index (χ0n) is 19.6. The van der Waals surface area contributed by atoms with Crippen molar-refractivity contribution < 1.29 is 9.59 Å². The average Bonchev–Trinajstić information content (AvgIpc) is 3.39. The number of nitrogens with one attached hydrogen (secondary N) is 3. The standard InChI is InChI=1S/C27H23ClN4O2S2/c1-16-8-3-5-10-20(16)32-26(34)24-17(2)30-27(18(14-29)25(24)22-12-7-13-35-22)36-15-23(33)31-21-11-6-4-9-19(21)28/h3-13,25,30H,15H2,1-2H3,(H,31,33)(H,32,34)/t25-/m1/s1. The number of anilines is 2. The van der Waals surface area contributed by atoms with Crippen molar-refractivity contribution in [1.82, 2.24) is 5.32 Å². The minimum absolute atomic E-state index is 0.0634. The largest absolute Gasteiger partial charge is 0.353 e. The van der Waals surface area contributed by atoms with Gasteiger partial charge >= 0.3 is 0 Å². The summed E-state index contributed by atoms with van der Waals surface area (Å²) in [6, 6.07) is 20.7. The molecule has 0 radical (unpaired) electrons. The van der Waals surface area contributed by atoms with E-state index < -0.39 is 5.92 Å². The van der Waals surface area contributed by atoms with Crippen LogP contribution in [-0.4, -0.2) is 17.6 Å².